The van der Waals surface area contributed by atoms with Gasteiger partial charge in [-0.2, -0.15) is 0 Å². The highest BCUT2D eigenvalue weighted by Gasteiger charge is 2.13. The minimum absolute atomic E-state index is 0.341. The van der Waals surface area contributed by atoms with Gasteiger partial charge < -0.3 is 14.4 Å². The van der Waals surface area contributed by atoms with E-state index in [1.165, 1.54) is 23.8 Å². The van der Waals surface area contributed by atoms with E-state index in [1.54, 1.807) is 19.3 Å². The first kappa shape index (κ1) is 15.6. The third kappa shape index (κ3) is 3.63. The standard InChI is InChI=1S/C17H17NO4/c1-12(17(20)21)18-10-9-14(11-16(18)19)4-3-13-5-7-15(22-2)8-6-13/h3-12H,1-2H3,(H,20,21)/b4-3+. The number of aliphatic carboxylic acids is 1. The summed E-state index contributed by atoms with van der Waals surface area (Å²) >= 11 is 0. The van der Waals surface area contributed by atoms with E-state index in [0.717, 1.165) is 16.9 Å². The van der Waals surface area contributed by atoms with Crippen molar-refractivity contribution in [2.75, 3.05) is 7.11 Å². The summed E-state index contributed by atoms with van der Waals surface area (Å²) in [6.07, 6.45) is 5.17. The molecule has 0 radical (unpaired) electrons. The highest BCUT2D eigenvalue weighted by atomic mass is 16.5. The molecule has 0 aliphatic carbocycles. The summed E-state index contributed by atoms with van der Waals surface area (Å²) in [5.74, 6) is -0.258. The molecule has 1 atom stereocenters. The molecule has 1 N–H and O–H groups in total. The maximum Gasteiger partial charge on any atom is 0.326 e. The van der Waals surface area contributed by atoms with E-state index in [9.17, 15) is 9.59 Å². The molecule has 0 aliphatic rings. The highest BCUT2D eigenvalue weighted by molar-refractivity contribution is 5.72. The van der Waals surface area contributed by atoms with Crippen molar-refractivity contribution in [3.8, 4) is 5.75 Å². The first-order chi connectivity index (χ1) is 10.5. The molecule has 22 heavy (non-hydrogen) atoms. The number of carbonyl (C=O) groups is 1. The summed E-state index contributed by atoms with van der Waals surface area (Å²) in [6, 6.07) is 9.76. The van der Waals surface area contributed by atoms with Crippen molar-refractivity contribution in [2.45, 2.75) is 13.0 Å². The number of aromatic nitrogens is 1. The molecule has 1 heterocycles. The molecule has 1 aromatic carbocycles. The summed E-state index contributed by atoms with van der Waals surface area (Å²) in [7, 11) is 1.61. The Morgan fingerprint density at radius 2 is 1.82 bits per heavy atom. The van der Waals surface area contributed by atoms with Crippen molar-refractivity contribution in [1.29, 1.82) is 0 Å². The lowest BCUT2D eigenvalue weighted by Gasteiger charge is -2.10. The van der Waals surface area contributed by atoms with Crippen LogP contribution in [-0.2, 0) is 4.79 Å². The summed E-state index contributed by atoms with van der Waals surface area (Å²) in [4.78, 5) is 22.8. The Hall–Kier alpha value is -2.82. The third-order valence-electron chi connectivity index (χ3n) is 3.33. The lowest BCUT2D eigenvalue weighted by molar-refractivity contribution is -0.140. The topological polar surface area (TPSA) is 68.5 Å². The van der Waals surface area contributed by atoms with Crippen LogP contribution in [0.5, 0.6) is 5.75 Å². The van der Waals surface area contributed by atoms with E-state index in [1.807, 2.05) is 30.3 Å². The second-order valence-electron chi connectivity index (χ2n) is 4.83. The quantitative estimate of drug-likeness (QED) is 0.921. The maximum absolute atomic E-state index is 11.9. The molecule has 0 spiro atoms. The second-order valence-corrected chi connectivity index (χ2v) is 4.83. The van der Waals surface area contributed by atoms with Gasteiger partial charge in [-0.15, -0.1) is 0 Å². The van der Waals surface area contributed by atoms with Gasteiger partial charge in [0.15, 0.2) is 0 Å². The number of carboxylic acid groups (broad SMARTS) is 1. The molecule has 0 fully saturated rings. The van der Waals surface area contributed by atoms with Crippen LogP contribution in [0.3, 0.4) is 0 Å². The molecule has 1 unspecified atom stereocenters. The van der Waals surface area contributed by atoms with Crippen molar-refractivity contribution in [3.05, 3.63) is 64.1 Å². The number of methoxy groups -OCH3 is 1. The van der Waals surface area contributed by atoms with Crippen molar-refractivity contribution >= 4 is 18.1 Å². The Bertz CT molecular complexity index is 744. The van der Waals surface area contributed by atoms with Crippen molar-refractivity contribution in [1.82, 2.24) is 4.57 Å². The molecule has 0 aliphatic heterocycles. The van der Waals surface area contributed by atoms with Gasteiger partial charge in [-0.25, -0.2) is 4.79 Å². The summed E-state index contributed by atoms with van der Waals surface area (Å²) in [6.45, 7) is 1.47. The molecule has 5 nitrogen and oxygen atoms in total. The average molecular weight is 299 g/mol. The number of hydrogen-bond acceptors (Lipinski definition) is 3. The molecule has 0 bridgehead atoms. The molecule has 2 rings (SSSR count). The van der Waals surface area contributed by atoms with Crippen LogP contribution in [0.1, 0.15) is 24.1 Å². The van der Waals surface area contributed by atoms with Gasteiger partial charge in [-0.1, -0.05) is 24.3 Å². The number of pyridine rings is 1. The Balaban J connectivity index is 2.19. The van der Waals surface area contributed by atoms with Gasteiger partial charge in [0.1, 0.15) is 11.8 Å². The molecule has 0 amide bonds. The van der Waals surface area contributed by atoms with E-state index < -0.39 is 12.0 Å². The zero-order chi connectivity index (χ0) is 16.1. The molecular formula is C17H17NO4. The van der Waals surface area contributed by atoms with Gasteiger partial charge >= 0.3 is 5.97 Å². The minimum Gasteiger partial charge on any atom is -0.497 e. The van der Waals surface area contributed by atoms with E-state index in [4.69, 9.17) is 9.84 Å². The van der Waals surface area contributed by atoms with E-state index >= 15 is 0 Å². The lowest BCUT2D eigenvalue weighted by Crippen LogP contribution is -2.26. The Kier molecular flexibility index (Phi) is 4.78. The smallest absolute Gasteiger partial charge is 0.326 e. The average Bonchev–Trinajstić information content (AvgIpc) is 2.52. The fourth-order valence-corrected chi connectivity index (χ4v) is 1.96. The first-order valence-corrected chi connectivity index (χ1v) is 6.78. The van der Waals surface area contributed by atoms with Crippen LogP contribution in [0.25, 0.3) is 12.2 Å². The predicted molar refractivity (Wildman–Crippen MR) is 85.0 cm³/mol. The Morgan fingerprint density at radius 3 is 2.36 bits per heavy atom. The number of rotatable bonds is 5. The molecule has 2 aromatic rings. The van der Waals surface area contributed by atoms with Crippen LogP contribution in [-0.4, -0.2) is 22.8 Å². The van der Waals surface area contributed by atoms with Crippen molar-refractivity contribution in [2.24, 2.45) is 0 Å². The minimum atomic E-state index is -1.04. The van der Waals surface area contributed by atoms with Crippen LogP contribution in [0.4, 0.5) is 0 Å². The van der Waals surface area contributed by atoms with Crippen molar-refractivity contribution < 1.29 is 14.6 Å². The second kappa shape index (κ2) is 6.76. The third-order valence-corrected chi connectivity index (χ3v) is 3.33. The van der Waals surface area contributed by atoms with Gasteiger partial charge in [0, 0.05) is 12.3 Å². The predicted octanol–water partition coefficient (Wildman–Crippen LogP) is 2.67. The summed E-state index contributed by atoms with van der Waals surface area (Å²) in [5.41, 5.74) is 1.35. The van der Waals surface area contributed by atoms with Crippen LogP contribution in [0.15, 0.2) is 47.4 Å². The first-order valence-electron chi connectivity index (χ1n) is 6.78. The summed E-state index contributed by atoms with van der Waals surface area (Å²) < 4.78 is 6.27. The normalized spacial score (nSPS) is 12.3. The number of ether oxygens (including phenoxy) is 1. The highest BCUT2D eigenvalue weighted by Crippen LogP contribution is 2.13. The number of hydrogen-bond donors (Lipinski definition) is 1. The van der Waals surface area contributed by atoms with E-state index in [0.29, 0.717) is 0 Å². The largest absolute Gasteiger partial charge is 0.497 e. The number of nitrogens with zero attached hydrogens (tertiary/aromatic N) is 1. The molecule has 0 saturated carbocycles. The van der Waals surface area contributed by atoms with Gasteiger partial charge in [0.2, 0.25) is 0 Å². The number of carboxylic acids is 1. The molecular weight excluding hydrogens is 282 g/mol. The fraction of sp³-hybridized carbons (Fsp3) is 0.176. The van der Waals surface area contributed by atoms with Gasteiger partial charge in [0.05, 0.1) is 7.11 Å². The summed E-state index contributed by atoms with van der Waals surface area (Å²) in [5, 5.41) is 8.94. The van der Waals surface area contributed by atoms with E-state index in [2.05, 4.69) is 0 Å². The SMILES string of the molecule is COc1ccc(/C=C/c2ccn(C(C)C(=O)O)c(=O)c2)cc1. The molecule has 5 heteroatoms. The Labute approximate surface area is 128 Å². The monoisotopic (exact) mass is 299 g/mol. The molecule has 0 saturated heterocycles. The zero-order valence-corrected chi connectivity index (χ0v) is 12.4. The van der Waals surface area contributed by atoms with Gasteiger partial charge in [-0.05, 0) is 36.2 Å². The van der Waals surface area contributed by atoms with E-state index in [-0.39, 0.29) is 5.56 Å². The Morgan fingerprint density at radius 1 is 1.18 bits per heavy atom. The number of benzene rings is 1. The van der Waals surface area contributed by atoms with Crippen LogP contribution >= 0.6 is 0 Å². The lowest BCUT2D eigenvalue weighted by atomic mass is 10.1. The van der Waals surface area contributed by atoms with Crippen LogP contribution < -0.4 is 10.3 Å². The van der Waals surface area contributed by atoms with Gasteiger partial charge in [0.25, 0.3) is 5.56 Å². The fourth-order valence-electron chi connectivity index (χ4n) is 1.96. The molecule has 1 aromatic heterocycles. The van der Waals surface area contributed by atoms with Crippen LogP contribution in [0, 0.1) is 0 Å². The van der Waals surface area contributed by atoms with Gasteiger partial charge in [-0.3, -0.25) is 4.79 Å². The van der Waals surface area contributed by atoms with Crippen molar-refractivity contribution in [3.63, 3.8) is 0 Å². The maximum atomic E-state index is 11.9. The zero-order valence-electron chi connectivity index (χ0n) is 12.4. The molecule has 114 valence electrons. The van der Waals surface area contributed by atoms with Crippen LogP contribution in [0.2, 0.25) is 0 Å².